The minimum Gasteiger partial charge on any atom is -0.465 e. The average Bonchev–Trinajstić information content (AvgIpc) is 2.98. The topological polar surface area (TPSA) is 119 Å². The van der Waals surface area contributed by atoms with Gasteiger partial charge in [-0.15, -0.1) is 0 Å². The summed E-state index contributed by atoms with van der Waals surface area (Å²) in [4.78, 5) is 61.5. The average molecular weight is 414 g/mol. The quantitative estimate of drug-likeness (QED) is 0.422. The molecule has 0 unspecified atom stereocenters. The Morgan fingerprint density at radius 1 is 1.10 bits per heavy atom. The third kappa shape index (κ3) is 4.40. The van der Waals surface area contributed by atoms with Crippen LogP contribution in [0, 0.1) is 18.8 Å². The highest BCUT2D eigenvalue weighted by atomic mass is 16.5. The van der Waals surface area contributed by atoms with E-state index >= 15 is 0 Å². The van der Waals surface area contributed by atoms with Crippen molar-refractivity contribution in [2.24, 2.45) is 11.8 Å². The Morgan fingerprint density at radius 2 is 1.73 bits per heavy atom. The molecule has 9 heteroatoms. The molecule has 1 aliphatic heterocycles. The first-order valence-electron chi connectivity index (χ1n) is 9.46. The fourth-order valence-corrected chi connectivity index (χ4v) is 3.53. The van der Waals surface area contributed by atoms with E-state index in [4.69, 9.17) is 4.74 Å². The minimum absolute atomic E-state index is 0.261. The van der Waals surface area contributed by atoms with Crippen molar-refractivity contribution >= 4 is 35.3 Å². The lowest BCUT2D eigenvalue weighted by molar-refractivity contribution is -0.154. The van der Waals surface area contributed by atoms with Crippen LogP contribution >= 0.6 is 0 Å². The summed E-state index contributed by atoms with van der Waals surface area (Å²) in [5.41, 5.74) is 1.34. The summed E-state index contributed by atoms with van der Waals surface area (Å²) in [6.45, 7) is 0.627. The Bertz CT molecular complexity index is 911. The summed E-state index contributed by atoms with van der Waals surface area (Å²) in [7, 11) is 1.25. The molecule has 1 heterocycles. The molecule has 0 spiro atoms. The van der Waals surface area contributed by atoms with E-state index in [0.29, 0.717) is 24.1 Å². The molecular weight excluding hydrogens is 392 g/mol. The molecule has 2 aliphatic rings. The monoisotopic (exact) mass is 414 g/mol. The third-order valence-electron chi connectivity index (χ3n) is 5.18. The molecule has 1 fully saturated rings. The number of carbonyl (C=O) groups is 5. The molecule has 1 saturated heterocycles. The molecule has 0 saturated carbocycles. The van der Waals surface area contributed by atoms with Crippen molar-refractivity contribution in [3.05, 3.63) is 41.5 Å². The maximum Gasteiger partial charge on any atom is 0.337 e. The van der Waals surface area contributed by atoms with Crippen LogP contribution in [-0.4, -0.2) is 54.8 Å². The van der Waals surface area contributed by atoms with Gasteiger partial charge in [0.1, 0.15) is 6.54 Å². The number of hydrogen-bond acceptors (Lipinski definition) is 7. The van der Waals surface area contributed by atoms with E-state index in [1.807, 2.05) is 12.2 Å². The summed E-state index contributed by atoms with van der Waals surface area (Å²) in [5.74, 6) is -3.64. The fraction of sp³-hybridized carbons (Fsp3) is 0.381. The zero-order chi connectivity index (χ0) is 21.8. The maximum atomic E-state index is 12.4. The van der Waals surface area contributed by atoms with Crippen molar-refractivity contribution in [3.63, 3.8) is 0 Å². The van der Waals surface area contributed by atoms with Crippen molar-refractivity contribution in [1.29, 1.82) is 0 Å². The van der Waals surface area contributed by atoms with Gasteiger partial charge in [0.15, 0.2) is 6.61 Å². The van der Waals surface area contributed by atoms with Crippen LogP contribution in [0.15, 0.2) is 30.4 Å². The van der Waals surface area contributed by atoms with Gasteiger partial charge in [-0.1, -0.05) is 18.2 Å². The smallest absolute Gasteiger partial charge is 0.337 e. The molecule has 0 radical (unpaired) electrons. The van der Waals surface area contributed by atoms with Crippen molar-refractivity contribution in [2.45, 2.75) is 19.8 Å². The minimum atomic E-state index is -0.849. The highest BCUT2D eigenvalue weighted by molar-refractivity contribution is 6.07. The Labute approximate surface area is 173 Å². The Morgan fingerprint density at radius 3 is 2.33 bits per heavy atom. The number of nitrogens with one attached hydrogen (secondary N) is 1. The number of carbonyl (C=O) groups excluding carboxylic acids is 5. The number of benzene rings is 1. The van der Waals surface area contributed by atoms with Gasteiger partial charge in [-0.25, -0.2) is 4.79 Å². The zero-order valence-electron chi connectivity index (χ0n) is 16.7. The molecule has 2 atom stereocenters. The number of rotatable bonds is 6. The van der Waals surface area contributed by atoms with Gasteiger partial charge in [0.25, 0.3) is 5.91 Å². The van der Waals surface area contributed by atoms with E-state index in [1.54, 1.807) is 19.1 Å². The number of anilines is 1. The molecule has 1 aliphatic carbocycles. The maximum absolute atomic E-state index is 12.4. The van der Waals surface area contributed by atoms with Crippen molar-refractivity contribution in [2.75, 3.05) is 25.6 Å². The molecule has 9 nitrogen and oxygen atoms in total. The van der Waals surface area contributed by atoms with E-state index in [-0.39, 0.29) is 17.4 Å². The number of allylic oxidation sites excluding steroid dienone is 2. The number of ether oxygens (including phenoxy) is 2. The summed E-state index contributed by atoms with van der Waals surface area (Å²) in [6.07, 6.45) is 4.67. The van der Waals surface area contributed by atoms with Crippen LogP contribution < -0.4 is 5.32 Å². The highest BCUT2D eigenvalue weighted by Crippen LogP contribution is 2.34. The predicted molar refractivity (Wildman–Crippen MR) is 104 cm³/mol. The largest absolute Gasteiger partial charge is 0.465 e. The molecule has 158 valence electrons. The third-order valence-corrected chi connectivity index (χ3v) is 5.18. The highest BCUT2D eigenvalue weighted by Gasteiger charge is 2.47. The van der Waals surface area contributed by atoms with Crippen LogP contribution in [0.25, 0.3) is 0 Å². The summed E-state index contributed by atoms with van der Waals surface area (Å²) in [5, 5.41) is 2.56. The van der Waals surface area contributed by atoms with E-state index in [2.05, 4.69) is 10.1 Å². The fourth-order valence-electron chi connectivity index (χ4n) is 3.53. The molecule has 0 aromatic heterocycles. The van der Waals surface area contributed by atoms with Crippen LogP contribution in [0.2, 0.25) is 0 Å². The van der Waals surface area contributed by atoms with Crippen LogP contribution in [0.5, 0.6) is 0 Å². The van der Waals surface area contributed by atoms with Gasteiger partial charge >= 0.3 is 11.9 Å². The Kier molecular flexibility index (Phi) is 6.29. The van der Waals surface area contributed by atoms with Crippen LogP contribution in [0.3, 0.4) is 0 Å². The lowest BCUT2D eigenvalue weighted by atomic mass is 9.85. The van der Waals surface area contributed by atoms with Crippen LogP contribution in [0.1, 0.15) is 28.8 Å². The molecule has 3 amide bonds. The van der Waals surface area contributed by atoms with Crippen LogP contribution in [-0.2, 0) is 28.7 Å². The van der Waals surface area contributed by atoms with Crippen molar-refractivity contribution in [3.8, 4) is 0 Å². The number of likely N-dealkylation sites (tertiary alicyclic amines) is 1. The molecule has 1 N–H and O–H groups in total. The predicted octanol–water partition coefficient (Wildman–Crippen LogP) is 1.21. The van der Waals surface area contributed by atoms with E-state index < -0.39 is 42.8 Å². The molecule has 1 aromatic carbocycles. The second-order valence-corrected chi connectivity index (χ2v) is 7.15. The SMILES string of the molecule is COC(=O)c1ccc(C)c(NC(=O)COC(=O)CN2C(=O)[C@H]3CC=CC[C@@H]3C2=O)c1. The number of methoxy groups -OCH3 is 1. The number of nitrogens with zero attached hydrogens (tertiary/aromatic N) is 1. The lowest BCUT2D eigenvalue weighted by Crippen LogP contribution is -2.37. The molecule has 30 heavy (non-hydrogen) atoms. The number of fused-ring (bicyclic) bond motifs is 1. The first kappa shape index (κ1) is 21.2. The van der Waals surface area contributed by atoms with Gasteiger partial charge in [0.2, 0.25) is 11.8 Å². The van der Waals surface area contributed by atoms with Gasteiger partial charge in [0, 0.05) is 5.69 Å². The lowest BCUT2D eigenvalue weighted by Gasteiger charge is -2.14. The standard InChI is InChI=1S/C21H22N2O7/c1-12-7-8-13(21(28)29-2)9-16(12)22-17(24)11-30-18(25)10-23-19(26)14-5-3-4-6-15(14)20(23)27/h3-4,7-9,14-15H,5-6,10-11H2,1-2H3,(H,22,24)/t14-,15-/m0/s1. The van der Waals surface area contributed by atoms with Crippen LogP contribution in [0.4, 0.5) is 5.69 Å². The number of imide groups is 1. The van der Waals surface area contributed by atoms with Gasteiger partial charge in [-0.05, 0) is 37.5 Å². The van der Waals surface area contributed by atoms with Crippen molar-refractivity contribution in [1.82, 2.24) is 4.90 Å². The summed E-state index contributed by atoms with van der Waals surface area (Å²) < 4.78 is 9.57. The van der Waals surface area contributed by atoms with Gasteiger partial charge in [-0.2, -0.15) is 0 Å². The number of amides is 3. The Hall–Kier alpha value is -3.49. The number of hydrogen-bond donors (Lipinski definition) is 1. The normalized spacial score (nSPS) is 20.0. The van der Waals surface area contributed by atoms with Gasteiger partial charge < -0.3 is 14.8 Å². The molecule has 3 rings (SSSR count). The first-order chi connectivity index (χ1) is 14.3. The van der Waals surface area contributed by atoms with E-state index in [0.717, 1.165) is 4.90 Å². The van der Waals surface area contributed by atoms with E-state index in [1.165, 1.54) is 13.2 Å². The summed E-state index contributed by atoms with van der Waals surface area (Å²) >= 11 is 0. The number of esters is 2. The first-order valence-corrected chi connectivity index (χ1v) is 9.46. The molecular formula is C21H22N2O7. The summed E-state index contributed by atoms with van der Waals surface area (Å²) in [6, 6.07) is 4.67. The molecule has 0 bridgehead atoms. The number of aryl methyl sites for hydroxylation is 1. The zero-order valence-corrected chi connectivity index (χ0v) is 16.7. The molecule has 1 aromatic rings. The second-order valence-electron chi connectivity index (χ2n) is 7.15. The second kappa shape index (κ2) is 8.89. The van der Waals surface area contributed by atoms with Gasteiger partial charge in [-0.3, -0.25) is 24.1 Å². The van der Waals surface area contributed by atoms with Gasteiger partial charge in [0.05, 0.1) is 24.5 Å². The van der Waals surface area contributed by atoms with Crippen molar-refractivity contribution < 1.29 is 33.4 Å². The Balaban J connectivity index is 1.53. The van der Waals surface area contributed by atoms with E-state index in [9.17, 15) is 24.0 Å².